The molecule has 0 nitrogen and oxygen atoms in total. The van der Waals surface area contributed by atoms with Crippen molar-refractivity contribution in [3.63, 3.8) is 0 Å². The van der Waals surface area contributed by atoms with Crippen LogP contribution in [0.25, 0.3) is 0 Å². The van der Waals surface area contributed by atoms with Crippen molar-refractivity contribution in [2.24, 2.45) is 130 Å². The van der Waals surface area contributed by atoms with Crippen LogP contribution in [0.4, 0.5) is 0 Å². The standard InChI is InChI=1S/C44H60/c1-21(2)25(9)33(17)29(13)23(5,6)31(15)35(19)32(16)24(7,8)30(14)34(18)26(10)22(3,4)28(12)36(20)27(21,11)37(25)38(26,28)42(34)40(30,32)43(35)39(29,31)41(33,37)44(36,42)43/h1-20H3. The molecule has 0 amide bonds. The number of hydrogen-bond acceptors (Lipinski definition) is 0. The normalized spacial score (nSPS) is 97.4. The maximum Gasteiger partial charge on any atom is -0.00104 e. The van der Waals surface area contributed by atoms with Gasteiger partial charge in [0.2, 0.25) is 0 Å². The van der Waals surface area contributed by atoms with Gasteiger partial charge in [0.15, 0.2) is 0 Å². The van der Waals surface area contributed by atoms with Crippen molar-refractivity contribution in [3.05, 3.63) is 0 Å². The SMILES string of the molecule is CC1(C)C2(C)C3(C)C4(C)C(C)(C)C5(C)C6(C)C7(C)C(C)(C)C8(C)C9(C)C%10(C)C(C)(C)C%11(C)C%12(C)C1(C)C21C%10%11C92C87C67C45C31C%1227. The Morgan fingerprint density at radius 3 is 0.409 bits per heavy atom. The van der Waals surface area contributed by atoms with E-state index < -0.39 is 0 Å². The third kappa shape index (κ3) is 0.604. The van der Waals surface area contributed by atoms with E-state index in [0.29, 0.717) is 130 Å². The van der Waals surface area contributed by atoms with Crippen molar-refractivity contribution in [2.45, 2.75) is 138 Å². The second-order valence-corrected chi connectivity index (χ2v) is 26.0. The van der Waals surface area contributed by atoms with Gasteiger partial charge in [-0.1, -0.05) is 138 Å². The second kappa shape index (κ2) is 3.66. The van der Waals surface area contributed by atoms with Gasteiger partial charge in [-0.2, -0.15) is 0 Å². The lowest BCUT2D eigenvalue weighted by Gasteiger charge is -3.39. The molecule has 44 heavy (non-hydrogen) atoms. The highest BCUT2D eigenvalue weighted by Gasteiger charge is 3.55. The van der Waals surface area contributed by atoms with Gasteiger partial charge in [0.05, 0.1) is 0 Å². The third-order valence-electron chi connectivity index (χ3n) is 32.6. The molecule has 16 unspecified atom stereocenters. The molecule has 0 heterocycles. The summed E-state index contributed by atoms with van der Waals surface area (Å²) in [5.41, 5.74) is 11.1. The van der Waals surface area contributed by atoms with Gasteiger partial charge in [0, 0.05) is 0 Å². The number of rotatable bonds is 0. The van der Waals surface area contributed by atoms with Crippen LogP contribution in [0.2, 0.25) is 0 Å². The van der Waals surface area contributed by atoms with Crippen LogP contribution >= 0.6 is 0 Å². The molecule has 0 heteroatoms. The summed E-state index contributed by atoms with van der Waals surface area (Å²) in [5.74, 6) is 0. The fourth-order valence-corrected chi connectivity index (χ4v) is 35.0. The van der Waals surface area contributed by atoms with E-state index in [-0.39, 0.29) is 0 Å². The van der Waals surface area contributed by atoms with Crippen LogP contribution in [-0.2, 0) is 0 Å². The summed E-state index contributed by atoms with van der Waals surface area (Å²) in [7, 11) is 0. The van der Waals surface area contributed by atoms with Crippen molar-refractivity contribution < 1.29 is 0 Å². The Labute approximate surface area is 267 Å². The highest BCUT2D eigenvalue weighted by atomic mass is 15.6. The largest absolute Gasteiger partial charge is 0.0588 e. The molecule has 16 atom stereocenters. The fraction of sp³-hybridized carbons (Fsp3) is 1.00. The Kier molecular flexibility index (Phi) is 2.01. The van der Waals surface area contributed by atoms with Crippen molar-refractivity contribution >= 4 is 0 Å². The molecule has 0 saturated heterocycles. The highest BCUT2D eigenvalue weighted by molar-refractivity contribution is 6.00. The van der Waals surface area contributed by atoms with E-state index in [9.17, 15) is 0 Å². The van der Waals surface area contributed by atoms with E-state index in [1.165, 1.54) is 0 Å². The molecule has 15 rings (SSSR count). The van der Waals surface area contributed by atoms with Crippen molar-refractivity contribution in [3.8, 4) is 0 Å². The lowest BCUT2D eigenvalue weighted by Crippen LogP contribution is -3.37. The monoisotopic (exact) mass is 588 g/mol. The molecule has 0 radical (unpaired) electrons. The molecule has 15 fully saturated rings. The number of fused-ring (bicyclic) bond motifs is 6. The molecule has 3 bridgehead atoms. The quantitative estimate of drug-likeness (QED) is 0.264. The minimum atomic E-state index is 0.363. The zero-order valence-corrected chi connectivity index (χ0v) is 32.0. The predicted molar refractivity (Wildman–Crippen MR) is 172 cm³/mol. The van der Waals surface area contributed by atoms with Crippen molar-refractivity contribution in [1.29, 1.82) is 0 Å². The van der Waals surface area contributed by atoms with E-state index in [0.717, 1.165) is 0 Å². The molecule has 15 aliphatic carbocycles. The Morgan fingerprint density at radius 1 is 0.136 bits per heavy atom. The third-order valence-corrected chi connectivity index (χ3v) is 32.6. The van der Waals surface area contributed by atoms with Gasteiger partial charge >= 0.3 is 0 Å². The van der Waals surface area contributed by atoms with Gasteiger partial charge in [-0.05, 0) is 130 Å². The lowest BCUT2D eigenvalue weighted by molar-refractivity contribution is -0.941. The first-order chi connectivity index (χ1) is 19.5. The fourth-order valence-electron chi connectivity index (χ4n) is 35.0. The molecule has 236 valence electrons. The lowest BCUT2D eigenvalue weighted by atomic mass is 8.63. The van der Waals surface area contributed by atoms with Crippen LogP contribution in [0, 0.1) is 130 Å². The molecule has 8 spiro atoms. The highest BCUT2D eigenvalue weighted by Crippen LogP contribution is 3.57. The molecule has 0 N–H and O–H groups in total. The maximum atomic E-state index is 3.09. The maximum absolute atomic E-state index is 3.09. The van der Waals surface area contributed by atoms with Crippen LogP contribution in [0.15, 0.2) is 0 Å². The van der Waals surface area contributed by atoms with E-state index in [2.05, 4.69) is 138 Å². The molecule has 0 aliphatic heterocycles. The Balaban J connectivity index is 1.29. The van der Waals surface area contributed by atoms with E-state index in [4.69, 9.17) is 0 Å². The molecule has 0 aromatic rings. The van der Waals surface area contributed by atoms with Crippen LogP contribution in [0.3, 0.4) is 0 Å². The van der Waals surface area contributed by atoms with Gasteiger partial charge in [0.1, 0.15) is 0 Å². The smallest absolute Gasteiger partial charge is 0.00104 e. The average molecular weight is 589 g/mol. The van der Waals surface area contributed by atoms with Crippen LogP contribution in [-0.4, -0.2) is 0 Å². The summed E-state index contributed by atoms with van der Waals surface area (Å²) < 4.78 is 0. The van der Waals surface area contributed by atoms with Gasteiger partial charge in [-0.25, -0.2) is 0 Å². The first-order valence-corrected chi connectivity index (χ1v) is 19.5. The Bertz CT molecular complexity index is 1880. The average Bonchev–Trinajstić information content (AvgIpc) is 3.28. The van der Waals surface area contributed by atoms with Gasteiger partial charge < -0.3 is 0 Å². The Morgan fingerprint density at radius 2 is 0.250 bits per heavy atom. The first kappa shape index (κ1) is 24.2. The van der Waals surface area contributed by atoms with E-state index >= 15 is 0 Å². The molecule has 0 aromatic carbocycles. The van der Waals surface area contributed by atoms with Crippen LogP contribution < -0.4 is 0 Å². The topological polar surface area (TPSA) is 0 Å². The van der Waals surface area contributed by atoms with E-state index in [1.807, 2.05) is 0 Å². The molecule has 15 saturated carbocycles. The van der Waals surface area contributed by atoms with Gasteiger partial charge in [-0.15, -0.1) is 0 Å². The van der Waals surface area contributed by atoms with Crippen LogP contribution in [0.1, 0.15) is 138 Å². The van der Waals surface area contributed by atoms with Gasteiger partial charge in [0.25, 0.3) is 0 Å². The minimum Gasteiger partial charge on any atom is -0.0588 e. The summed E-state index contributed by atoms with van der Waals surface area (Å²) in [5, 5.41) is 0. The molecule has 0 aromatic heterocycles. The minimum absolute atomic E-state index is 0.363. The van der Waals surface area contributed by atoms with Crippen molar-refractivity contribution in [1.82, 2.24) is 0 Å². The zero-order valence-electron chi connectivity index (χ0n) is 32.0. The summed E-state index contributed by atoms with van der Waals surface area (Å²) in [4.78, 5) is 0. The molecular formula is C44H60. The van der Waals surface area contributed by atoms with Crippen LogP contribution in [0.5, 0.6) is 0 Å². The molecular weight excluding hydrogens is 528 g/mol. The number of hydrogen-bond donors (Lipinski definition) is 0. The first-order valence-electron chi connectivity index (χ1n) is 19.5. The summed E-state index contributed by atoms with van der Waals surface area (Å²) in [6.07, 6.45) is 0. The van der Waals surface area contributed by atoms with Gasteiger partial charge in [-0.3, -0.25) is 0 Å². The summed E-state index contributed by atoms with van der Waals surface area (Å²) in [6, 6.07) is 0. The Hall–Kier alpha value is 0. The summed E-state index contributed by atoms with van der Waals surface area (Å²) >= 11 is 0. The molecule has 15 aliphatic rings. The van der Waals surface area contributed by atoms with E-state index in [1.54, 1.807) is 0 Å². The predicted octanol–water partition coefficient (Wildman–Crippen LogP) is 10.3. The summed E-state index contributed by atoms with van der Waals surface area (Å²) in [6.45, 7) is 58.9. The van der Waals surface area contributed by atoms with Crippen molar-refractivity contribution in [2.75, 3.05) is 0 Å². The zero-order chi connectivity index (χ0) is 32.0. The second-order valence-electron chi connectivity index (χ2n) is 26.0.